The van der Waals surface area contributed by atoms with Crippen molar-refractivity contribution in [3.8, 4) is 0 Å². The predicted molar refractivity (Wildman–Crippen MR) is 117 cm³/mol. The Morgan fingerprint density at radius 3 is 2.43 bits per heavy atom. The average molecular weight is 439 g/mol. The molecule has 2 nitrogen and oxygen atoms in total. The van der Waals surface area contributed by atoms with Gasteiger partial charge in [0.05, 0.1) is 0 Å². The smallest absolute Gasteiger partial charge is 0.186 e. The molecule has 1 fully saturated rings. The molecule has 2 aliphatic carbocycles. The van der Waals surface area contributed by atoms with Crippen LogP contribution in [-0.2, 0) is 22.4 Å². The lowest BCUT2D eigenvalue weighted by Gasteiger charge is -2.26. The highest BCUT2D eigenvalue weighted by Gasteiger charge is 2.30. The number of fused-ring (bicyclic) bond motifs is 1. The van der Waals surface area contributed by atoms with Gasteiger partial charge in [0, 0.05) is 5.33 Å². The summed E-state index contributed by atoms with van der Waals surface area (Å²) in [6.45, 7) is 2.22. The van der Waals surface area contributed by atoms with E-state index >= 15 is 0 Å². The Bertz CT molecular complexity index is 885. The van der Waals surface area contributed by atoms with Crippen molar-refractivity contribution in [2.45, 2.75) is 51.9 Å². The van der Waals surface area contributed by atoms with Crippen LogP contribution in [-0.4, -0.2) is 11.5 Å². The van der Waals surface area contributed by atoms with Crippen LogP contribution in [0.3, 0.4) is 0 Å². The summed E-state index contributed by atoms with van der Waals surface area (Å²) in [5.74, 6) is 0.754. The minimum Gasteiger partial charge on any atom is -0.186 e. The highest BCUT2D eigenvalue weighted by atomic mass is 79.9. The van der Waals surface area contributed by atoms with Crippen LogP contribution in [0.2, 0.25) is 0 Å². The van der Waals surface area contributed by atoms with Gasteiger partial charge in [-0.1, -0.05) is 83.2 Å². The first kappa shape index (κ1) is 20.8. The Morgan fingerprint density at radius 1 is 1.00 bits per heavy atom. The van der Waals surface area contributed by atoms with E-state index in [1.807, 2.05) is 0 Å². The molecule has 0 spiro atoms. The zero-order valence-corrected chi connectivity index (χ0v) is 18.1. The molecule has 0 unspecified atom stereocenters. The van der Waals surface area contributed by atoms with Gasteiger partial charge in [-0.05, 0) is 71.9 Å². The minimum atomic E-state index is 0.250. The molecule has 3 heteroatoms. The number of hydrogen-bond acceptors (Lipinski definition) is 2. The van der Waals surface area contributed by atoms with Crippen molar-refractivity contribution < 1.29 is 9.59 Å². The van der Waals surface area contributed by atoms with E-state index in [0.717, 1.165) is 24.1 Å². The number of hydrogen-bond donors (Lipinski definition) is 0. The van der Waals surface area contributed by atoms with Gasteiger partial charge in [0.15, 0.2) is 0 Å². The van der Waals surface area contributed by atoms with E-state index in [9.17, 15) is 0 Å². The number of aryl methyl sites for hydroxylation is 2. The maximum atomic E-state index is 8.12. The molecule has 146 valence electrons. The normalized spacial score (nSPS) is 16.2. The zero-order valence-electron chi connectivity index (χ0n) is 16.5. The Morgan fingerprint density at radius 2 is 1.71 bits per heavy atom. The largest absolute Gasteiger partial charge is 0.373 e. The third-order valence-corrected chi connectivity index (χ3v) is 6.36. The molecule has 2 aliphatic rings. The summed E-state index contributed by atoms with van der Waals surface area (Å²) in [5, 5.41) is 1.03. The maximum Gasteiger partial charge on any atom is 0.373 e. The van der Waals surface area contributed by atoms with Crippen molar-refractivity contribution in [1.82, 2.24) is 0 Å². The average Bonchev–Trinajstić information content (AvgIpc) is 3.08. The molecule has 0 aliphatic heterocycles. The lowest BCUT2D eigenvalue weighted by molar-refractivity contribution is -0.191. The van der Waals surface area contributed by atoms with Gasteiger partial charge >= 0.3 is 6.15 Å². The van der Waals surface area contributed by atoms with Gasteiger partial charge in [-0.3, -0.25) is 0 Å². The highest BCUT2D eigenvalue weighted by Crippen LogP contribution is 2.47. The van der Waals surface area contributed by atoms with Gasteiger partial charge in [-0.2, -0.15) is 9.59 Å². The van der Waals surface area contributed by atoms with Gasteiger partial charge in [0.2, 0.25) is 0 Å². The second kappa shape index (κ2) is 10.0. The quantitative estimate of drug-likeness (QED) is 0.517. The fourth-order valence-corrected chi connectivity index (χ4v) is 5.24. The zero-order chi connectivity index (χ0) is 19.9. The monoisotopic (exact) mass is 438 g/mol. The molecule has 0 bridgehead atoms. The third kappa shape index (κ3) is 4.54. The molecule has 0 amide bonds. The van der Waals surface area contributed by atoms with Gasteiger partial charge in [0.25, 0.3) is 0 Å². The molecule has 1 saturated carbocycles. The molecule has 0 saturated heterocycles. The van der Waals surface area contributed by atoms with Crippen molar-refractivity contribution in [1.29, 1.82) is 0 Å². The second-order valence-electron chi connectivity index (χ2n) is 7.74. The van der Waals surface area contributed by atoms with Crippen LogP contribution >= 0.6 is 15.9 Å². The number of alkyl halides is 1. The molecule has 2 aromatic rings. The Hall–Kier alpha value is -1.96. The number of rotatable bonds is 4. The lowest BCUT2D eigenvalue weighted by Crippen LogP contribution is -2.09. The van der Waals surface area contributed by atoms with Gasteiger partial charge in [0.1, 0.15) is 0 Å². The predicted octanol–water partition coefficient (Wildman–Crippen LogP) is 6.40. The van der Waals surface area contributed by atoms with Crippen LogP contribution in [0, 0.1) is 12.8 Å². The number of benzene rings is 2. The van der Waals surface area contributed by atoms with Crippen molar-refractivity contribution in [2.75, 3.05) is 5.33 Å². The Balaban J connectivity index is 0.000000706. The Labute approximate surface area is 176 Å². The molecular formula is C25H27BrO2. The summed E-state index contributed by atoms with van der Waals surface area (Å²) < 4.78 is 0. The highest BCUT2D eigenvalue weighted by molar-refractivity contribution is 9.09. The molecule has 2 aromatic carbocycles. The molecule has 0 radical (unpaired) electrons. The molecule has 0 heterocycles. The van der Waals surface area contributed by atoms with Crippen molar-refractivity contribution >= 4 is 33.2 Å². The molecule has 0 aromatic heterocycles. The molecule has 0 N–H and O–H groups in total. The standard InChI is InChI=1S/C24H27Br.CO2/c1-17-11-12-22-20(15-17)16-23(24(22)19-8-3-2-4-9-19)21-10-6-5-7-18(21)13-14-25;2-1-3/h5-7,10-12,15,19H,2-4,8-9,13-14,16H2,1H3;. The molecule has 0 atom stereocenters. The van der Waals surface area contributed by atoms with Crippen LogP contribution < -0.4 is 0 Å². The van der Waals surface area contributed by atoms with E-state index in [1.54, 1.807) is 22.3 Å². The number of carbonyl (C=O) groups excluding carboxylic acids is 2. The van der Waals surface area contributed by atoms with Crippen LogP contribution in [0.25, 0.3) is 11.1 Å². The summed E-state index contributed by atoms with van der Waals surface area (Å²) in [5.41, 5.74) is 10.8. The first-order valence-corrected chi connectivity index (χ1v) is 11.3. The van der Waals surface area contributed by atoms with Crippen molar-refractivity contribution in [2.24, 2.45) is 5.92 Å². The number of allylic oxidation sites excluding steroid dienone is 2. The second-order valence-corrected chi connectivity index (χ2v) is 8.54. The number of halogens is 1. The fourth-order valence-electron chi connectivity index (χ4n) is 4.81. The SMILES string of the molecule is Cc1ccc2c(c1)CC(c1ccccc1CCBr)=C2C1CCCCC1.O=C=O. The maximum absolute atomic E-state index is 8.12. The molecule has 28 heavy (non-hydrogen) atoms. The first-order valence-electron chi connectivity index (χ1n) is 10.2. The summed E-state index contributed by atoms with van der Waals surface area (Å²) in [7, 11) is 0. The van der Waals surface area contributed by atoms with Crippen molar-refractivity contribution in [3.05, 3.63) is 70.3 Å². The van der Waals surface area contributed by atoms with Crippen LogP contribution in [0.1, 0.15) is 59.9 Å². The van der Waals surface area contributed by atoms with Crippen LogP contribution in [0.15, 0.2) is 42.5 Å². The summed E-state index contributed by atoms with van der Waals surface area (Å²) >= 11 is 3.64. The summed E-state index contributed by atoms with van der Waals surface area (Å²) in [6.07, 6.45) is 9.41. The molecular weight excluding hydrogens is 412 g/mol. The summed E-state index contributed by atoms with van der Waals surface area (Å²) in [4.78, 5) is 16.2. The van der Waals surface area contributed by atoms with E-state index in [1.165, 1.54) is 48.8 Å². The van der Waals surface area contributed by atoms with E-state index in [2.05, 4.69) is 65.3 Å². The van der Waals surface area contributed by atoms with Crippen LogP contribution in [0.5, 0.6) is 0 Å². The van der Waals surface area contributed by atoms with Crippen molar-refractivity contribution in [3.63, 3.8) is 0 Å². The van der Waals surface area contributed by atoms with Gasteiger partial charge < -0.3 is 0 Å². The molecule has 4 rings (SSSR count). The van der Waals surface area contributed by atoms with Crippen LogP contribution in [0.4, 0.5) is 0 Å². The lowest BCUT2D eigenvalue weighted by atomic mass is 9.79. The first-order chi connectivity index (χ1) is 13.7. The minimum absolute atomic E-state index is 0.250. The van der Waals surface area contributed by atoms with E-state index in [-0.39, 0.29) is 6.15 Å². The topological polar surface area (TPSA) is 34.1 Å². The van der Waals surface area contributed by atoms with E-state index in [0.29, 0.717) is 0 Å². The fraction of sp³-hybridized carbons (Fsp3) is 0.400. The Kier molecular flexibility index (Phi) is 7.42. The van der Waals surface area contributed by atoms with E-state index < -0.39 is 0 Å². The summed E-state index contributed by atoms with van der Waals surface area (Å²) in [6, 6.07) is 16.2. The van der Waals surface area contributed by atoms with Gasteiger partial charge in [-0.15, -0.1) is 0 Å². The van der Waals surface area contributed by atoms with Gasteiger partial charge in [-0.25, -0.2) is 0 Å². The third-order valence-electron chi connectivity index (χ3n) is 5.96. The van der Waals surface area contributed by atoms with E-state index in [4.69, 9.17) is 9.59 Å².